The Hall–Kier alpha value is -0.980. The van der Waals surface area contributed by atoms with Gasteiger partial charge in [-0.1, -0.05) is 12.1 Å². The highest BCUT2D eigenvalue weighted by Gasteiger charge is 2.32. The van der Waals surface area contributed by atoms with Crippen LogP contribution >= 0.6 is 0 Å². The number of hydrogen-bond donors (Lipinski definition) is 1. The first-order chi connectivity index (χ1) is 8.69. The van der Waals surface area contributed by atoms with Crippen LogP contribution in [0.15, 0.2) is 4.52 Å². The third-order valence-corrected chi connectivity index (χ3v) is 3.26. The molecule has 1 aromatic rings. The van der Waals surface area contributed by atoms with Gasteiger partial charge in [-0.05, 0) is 20.3 Å². The molecule has 2 atom stereocenters. The zero-order valence-corrected chi connectivity index (χ0v) is 11.2. The standard InChI is InChI=1S/C12H21N3O3/c1-4-12(3,17-5-2)11-14-10(18-15-11)9-8-13-6-7-16-9/h9,13H,4-8H2,1-3H3. The molecule has 1 aliphatic heterocycles. The Kier molecular flexibility index (Phi) is 4.31. The van der Waals surface area contributed by atoms with Gasteiger partial charge in [0.1, 0.15) is 11.7 Å². The van der Waals surface area contributed by atoms with Crippen LogP contribution in [0.25, 0.3) is 0 Å². The lowest BCUT2D eigenvalue weighted by molar-refractivity contribution is -0.0403. The highest BCUT2D eigenvalue weighted by atomic mass is 16.5. The van der Waals surface area contributed by atoms with E-state index in [2.05, 4.69) is 15.5 Å². The predicted molar refractivity (Wildman–Crippen MR) is 65.1 cm³/mol. The highest BCUT2D eigenvalue weighted by Crippen LogP contribution is 2.28. The first-order valence-corrected chi connectivity index (χ1v) is 6.50. The SMILES string of the molecule is CCOC(C)(CC)c1noc(C2CNCCO2)n1. The quantitative estimate of drug-likeness (QED) is 0.857. The summed E-state index contributed by atoms with van der Waals surface area (Å²) in [5.74, 6) is 1.12. The Morgan fingerprint density at radius 3 is 2.94 bits per heavy atom. The summed E-state index contributed by atoms with van der Waals surface area (Å²) in [5, 5.41) is 7.27. The lowest BCUT2D eigenvalue weighted by Crippen LogP contribution is -2.33. The van der Waals surface area contributed by atoms with Gasteiger partial charge in [-0.2, -0.15) is 4.98 Å². The van der Waals surface area contributed by atoms with Crippen molar-refractivity contribution in [2.45, 2.75) is 38.9 Å². The van der Waals surface area contributed by atoms with E-state index < -0.39 is 5.60 Å². The Morgan fingerprint density at radius 1 is 1.50 bits per heavy atom. The second kappa shape index (κ2) is 5.77. The minimum Gasteiger partial charge on any atom is -0.367 e. The van der Waals surface area contributed by atoms with E-state index in [4.69, 9.17) is 14.0 Å². The molecule has 6 nitrogen and oxygen atoms in total. The maximum Gasteiger partial charge on any atom is 0.257 e. The van der Waals surface area contributed by atoms with Gasteiger partial charge < -0.3 is 19.3 Å². The van der Waals surface area contributed by atoms with E-state index in [0.29, 0.717) is 31.5 Å². The Balaban J connectivity index is 2.13. The second-order valence-electron chi connectivity index (χ2n) is 4.54. The van der Waals surface area contributed by atoms with Gasteiger partial charge in [-0.25, -0.2) is 0 Å². The average Bonchev–Trinajstić information content (AvgIpc) is 2.90. The third kappa shape index (κ3) is 2.71. The summed E-state index contributed by atoms with van der Waals surface area (Å²) in [6.07, 6.45) is 0.645. The fraction of sp³-hybridized carbons (Fsp3) is 0.833. The van der Waals surface area contributed by atoms with Crippen molar-refractivity contribution in [2.24, 2.45) is 0 Å². The number of morpholine rings is 1. The van der Waals surface area contributed by atoms with E-state index in [0.717, 1.165) is 13.0 Å². The van der Waals surface area contributed by atoms with E-state index in [-0.39, 0.29) is 6.10 Å². The van der Waals surface area contributed by atoms with Gasteiger partial charge in [0.05, 0.1) is 6.61 Å². The van der Waals surface area contributed by atoms with Gasteiger partial charge in [0, 0.05) is 19.7 Å². The van der Waals surface area contributed by atoms with E-state index in [9.17, 15) is 0 Å². The monoisotopic (exact) mass is 255 g/mol. The smallest absolute Gasteiger partial charge is 0.257 e. The van der Waals surface area contributed by atoms with E-state index in [1.807, 2.05) is 20.8 Å². The molecule has 0 spiro atoms. The summed E-state index contributed by atoms with van der Waals surface area (Å²) in [7, 11) is 0. The number of nitrogens with one attached hydrogen (secondary N) is 1. The Labute approximate surface area is 107 Å². The minimum atomic E-state index is -0.488. The van der Waals surface area contributed by atoms with Crippen LogP contribution < -0.4 is 5.32 Å². The van der Waals surface area contributed by atoms with Crippen LogP contribution in [-0.2, 0) is 15.1 Å². The topological polar surface area (TPSA) is 69.4 Å². The Morgan fingerprint density at radius 2 is 2.33 bits per heavy atom. The molecule has 2 rings (SSSR count). The number of rotatable bonds is 5. The number of nitrogens with zero attached hydrogens (tertiary/aromatic N) is 2. The van der Waals surface area contributed by atoms with Gasteiger partial charge in [0.15, 0.2) is 0 Å². The number of ether oxygens (including phenoxy) is 2. The molecule has 0 aromatic carbocycles. The molecule has 0 saturated carbocycles. The van der Waals surface area contributed by atoms with Crippen molar-refractivity contribution in [3.8, 4) is 0 Å². The molecule has 0 amide bonds. The van der Waals surface area contributed by atoms with Gasteiger partial charge >= 0.3 is 0 Å². The summed E-state index contributed by atoms with van der Waals surface area (Å²) in [4.78, 5) is 4.43. The lowest BCUT2D eigenvalue weighted by Gasteiger charge is -2.24. The molecule has 0 aliphatic carbocycles. The van der Waals surface area contributed by atoms with E-state index >= 15 is 0 Å². The van der Waals surface area contributed by atoms with Crippen molar-refractivity contribution in [3.05, 3.63) is 11.7 Å². The molecule has 1 aliphatic rings. The zero-order valence-electron chi connectivity index (χ0n) is 11.2. The largest absolute Gasteiger partial charge is 0.367 e. The lowest BCUT2D eigenvalue weighted by atomic mass is 10.0. The summed E-state index contributed by atoms with van der Waals surface area (Å²) >= 11 is 0. The summed E-state index contributed by atoms with van der Waals surface area (Å²) < 4.78 is 16.6. The van der Waals surface area contributed by atoms with Crippen LogP contribution in [-0.4, -0.2) is 36.4 Å². The van der Waals surface area contributed by atoms with Crippen LogP contribution in [0.3, 0.4) is 0 Å². The minimum absolute atomic E-state index is 0.150. The van der Waals surface area contributed by atoms with Crippen molar-refractivity contribution < 1.29 is 14.0 Å². The van der Waals surface area contributed by atoms with Crippen LogP contribution in [0.2, 0.25) is 0 Å². The zero-order chi connectivity index (χ0) is 13.0. The normalized spacial score (nSPS) is 23.8. The molecular formula is C12H21N3O3. The van der Waals surface area contributed by atoms with Crippen molar-refractivity contribution in [2.75, 3.05) is 26.3 Å². The van der Waals surface area contributed by atoms with Crippen LogP contribution in [0, 0.1) is 0 Å². The van der Waals surface area contributed by atoms with Crippen molar-refractivity contribution in [3.63, 3.8) is 0 Å². The predicted octanol–water partition coefficient (Wildman–Crippen LogP) is 1.39. The van der Waals surface area contributed by atoms with Gasteiger partial charge in [0.2, 0.25) is 5.82 Å². The number of aromatic nitrogens is 2. The molecule has 2 unspecified atom stereocenters. The molecule has 1 saturated heterocycles. The summed E-state index contributed by atoms with van der Waals surface area (Å²) in [5.41, 5.74) is -0.488. The molecule has 1 fully saturated rings. The molecule has 0 bridgehead atoms. The van der Waals surface area contributed by atoms with Crippen molar-refractivity contribution >= 4 is 0 Å². The molecule has 6 heteroatoms. The highest BCUT2D eigenvalue weighted by molar-refractivity contribution is 5.01. The van der Waals surface area contributed by atoms with Crippen LogP contribution in [0.1, 0.15) is 45.0 Å². The van der Waals surface area contributed by atoms with Gasteiger partial charge in [-0.15, -0.1) is 0 Å². The van der Waals surface area contributed by atoms with Crippen LogP contribution in [0.4, 0.5) is 0 Å². The van der Waals surface area contributed by atoms with Crippen molar-refractivity contribution in [1.29, 1.82) is 0 Å². The molecule has 102 valence electrons. The number of hydrogen-bond acceptors (Lipinski definition) is 6. The maximum atomic E-state index is 5.72. The first-order valence-electron chi connectivity index (χ1n) is 6.50. The van der Waals surface area contributed by atoms with E-state index in [1.54, 1.807) is 0 Å². The fourth-order valence-electron chi connectivity index (χ4n) is 1.95. The molecular weight excluding hydrogens is 234 g/mol. The molecule has 18 heavy (non-hydrogen) atoms. The average molecular weight is 255 g/mol. The molecule has 2 heterocycles. The Bertz CT molecular complexity index is 376. The third-order valence-electron chi connectivity index (χ3n) is 3.26. The van der Waals surface area contributed by atoms with Gasteiger partial charge in [0.25, 0.3) is 5.89 Å². The molecule has 1 N–H and O–H groups in total. The van der Waals surface area contributed by atoms with E-state index in [1.165, 1.54) is 0 Å². The summed E-state index contributed by atoms with van der Waals surface area (Å²) in [6, 6.07) is 0. The van der Waals surface area contributed by atoms with Crippen LogP contribution in [0.5, 0.6) is 0 Å². The first kappa shape index (κ1) is 13.5. The van der Waals surface area contributed by atoms with Crippen molar-refractivity contribution in [1.82, 2.24) is 15.5 Å². The molecule has 1 aromatic heterocycles. The fourth-order valence-corrected chi connectivity index (χ4v) is 1.95. The molecule has 0 radical (unpaired) electrons. The van der Waals surface area contributed by atoms with Gasteiger partial charge in [-0.3, -0.25) is 0 Å². The maximum absolute atomic E-state index is 5.72. The summed E-state index contributed by atoms with van der Waals surface area (Å²) in [6.45, 7) is 8.84. The second-order valence-corrected chi connectivity index (χ2v) is 4.54.